The van der Waals surface area contributed by atoms with Crippen molar-refractivity contribution in [1.29, 1.82) is 0 Å². The van der Waals surface area contributed by atoms with Crippen LogP contribution in [0.4, 0.5) is 5.00 Å². The Kier molecular flexibility index (Phi) is 7.30. The average molecular weight is 540 g/mol. The van der Waals surface area contributed by atoms with Crippen LogP contribution in [0.15, 0.2) is 47.0 Å². The molecular formula is C26H33N5O4SSi. The van der Waals surface area contributed by atoms with Gasteiger partial charge in [0.1, 0.15) is 12.4 Å². The highest BCUT2D eigenvalue weighted by Gasteiger charge is 2.24. The van der Waals surface area contributed by atoms with Crippen LogP contribution in [0.3, 0.4) is 0 Å². The molecule has 4 aromatic heterocycles. The number of thiophene rings is 1. The van der Waals surface area contributed by atoms with E-state index in [9.17, 15) is 14.9 Å². The third-order valence-corrected chi connectivity index (χ3v) is 9.71. The number of nitro groups is 1. The third-order valence-electron chi connectivity index (χ3n) is 7.07. The summed E-state index contributed by atoms with van der Waals surface area (Å²) >= 11 is 1.18. The molecule has 0 spiro atoms. The molecule has 0 radical (unpaired) electrons. The highest BCUT2D eigenvalue weighted by molar-refractivity contribution is 7.13. The SMILES string of the molecule is C[Si](C)(C)CCOCn1ccc2c1ncc1c(=O)ccn(C3CCN(Cc4csc([N+](=O)[O-])c4)CC3)c12. The molecule has 0 aromatic carbocycles. The van der Waals surface area contributed by atoms with E-state index in [4.69, 9.17) is 4.74 Å². The molecule has 196 valence electrons. The Morgan fingerprint density at radius 1 is 1.19 bits per heavy atom. The fourth-order valence-corrected chi connectivity index (χ4v) is 6.48. The van der Waals surface area contributed by atoms with E-state index in [-0.39, 0.29) is 21.4 Å². The molecule has 0 bridgehead atoms. The minimum Gasteiger partial charge on any atom is -0.361 e. The van der Waals surface area contributed by atoms with Gasteiger partial charge in [-0.3, -0.25) is 19.8 Å². The Morgan fingerprint density at radius 2 is 1.97 bits per heavy atom. The number of nitrogens with zero attached hydrogens (tertiary/aromatic N) is 5. The van der Waals surface area contributed by atoms with Crippen molar-refractivity contribution in [2.45, 2.75) is 57.8 Å². The summed E-state index contributed by atoms with van der Waals surface area (Å²) in [5, 5.41) is 14.7. The number of aromatic nitrogens is 3. The van der Waals surface area contributed by atoms with Crippen LogP contribution in [0.25, 0.3) is 21.9 Å². The van der Waals surface area contributed by atoms with Crippen LogP contribution in [0.2, 0.25) is 25.7 Å². The molecule has 0 saturated carbocycles. The Bertz CT molecular complexity index is 1480. The first kappa shape index (κ1) is 25.8. The second-order valence-electron chi connectivity index (χ2n) is 11.0. The van der Waals surface area contributed by atoms with E-state index in [1.54, 1.807) is 18.3 Å². The van der Waals surface area contributed by atoms with Crippen molar-refractivity contribution in [3.63, 3.8) is 0 Å². The van der Waals surface area contributed by atoms with Crippen LogP contribution in [-0.2, 0) is 18.0 Å². The molecule has 37 heavy (non-hydrogen) atoms. The summed E-state index contributed by atoms with van der Waals surface area (Å²) in [4.78, 5) is 30.4. The molecule has 0 atom stereocenters. The molecule has 1 fully saturated rings. The molecule has 9 nitrogen and oxygen atoms in total. The molecule has 1 saturated heterocycles. The summed E-state index contributed by atoms with van der Waals surface area (Å²) < 4.78 is 10.2. The number of likely N-dealkylation sites (tertiary alicyclic amines) is 1. The smallest absolute Gasteiger partial charge is 0.324 e. The van der Waals surface area contributed by atoms with Gasteiger partial charge in [0.2, 0.25) is 0 Å². The van der Waals surface area contributed by atoms with Gasteiger partial charge < -0.3 is 13.9 Å². The highest BCUT2D eigenvalue weighted by Crippen LogP contribution is 2.31. The number of piperidine rings is 1. The van der Waals surface area contributed by atoms with Crippen molar-refractivity contribution in [2.75, 3.05) is 19.7 Å². The van der Waals surface area contributed by atoms with Crippen LogP contribution in [-0.4, -0.2) is 51.7 Å². The van der Waals surface area contributed by atoms with E-state index < -0.39 is 8.07 Å². The minimum absolute atomic E-state index is 0.0173. The van der Waals surface area contributed by atoms with E-state index in [2.05, 4.69) is 34.1 Å². The normalized spacial score (nSPS) is 15.6. The number of hydrogen-bond acceptors (Lipinski definition) is 7. The zero-order valence-electron chi connectivity index (χ0n) is 21.6. The summed E-state index contributed by atoms with van der Waals surface area (Å²) in [6.45, 7) is 10.7. The van der Waals surface area contributed by atoms with E-state index in [1.807, 2.05) is 28.4 Å². The van der Waals surface area contributed by atoms with E-state index in [0.29, 0.717) is 12.1 Å². The maximum Gasteiger partial charge on any atom is 0.324 e. The van der Waals surface area contributed by atoms with Crippen molar-refractivity contribution in [3.05, 3.63) is 68.1 Å². The number of pyridine rings is 2. The molecule has 0 N–H and O–H groups in total. The van der Waals surface area contributed by atoms with Gasteiger partial charge in [0, 0.05) is 81.8 Å². The maximum absolute atomic E-state index is 12.7. The zero-order chi connectivity index (χ0) is 26.2. The molecule has 0 amide bonds. The van der Waals surface area contributed by atoms with Crippen LogP contribution in [0.1, 0.15) is 24.4 Å². The zero-order valence-corrected chi connectivity index (χ0v) is 23.4. The first-order valence-electron chi connectivity index (χ1n) is 12.7. The Morgan fingerprint density at radius 3 is 2.68 bits per heavy atom. The predicted molar refractivity (Wildman–Crippen MR) is 150 cm³/mol. The molecule has 11 heteroatoms. The molecular weight excluding hydrogens is 506 g/mol. The van der Waals surface area contributed by atoms with Gasteiger partial charge in [-0.05, 0) is 30.5 Å². The fourth-order valence-electron chi connectivity index (χ4n) is 5.00. The van der Waals surface area contributed by atoms with Gasteiger partial charge in [0.25, 0.3) is 0 Å². The van der Waals surface area contributed by atoms with E-state index in [1.165, 1.54) is 11.3 Å². The number of hydrogen-bond donors (Lipinski definition) is 0. The second kappa shape index (κ2) is 10.5. The van der Waals surface area contributed by atoms with Crippen molar-refractivity contribution in [1.82, 2.24) is 19.0 Å². The van der Waals surface area contributed by atoms with Gasteiger partial charge >= 0.3 is 5.00 Å². The van der Waals surface area contributed by atoms with Crippen LogP contribution >= 0.6 is 11.3 Å². The summed E-state index contributed by atoms with van der Waals surface area (Å²) in [5.74, 6) is 0. The average Bonchev–Trinajstić information content (AvgIpc) is 3.50. The molecule has 1 aliphatic rings. The quantitative estimate of drug-likeness (QED) is 0.121. The van der Waals surface area contributed by atoms with Crippen LogP contribution < -0.4 is 5.43 Å². The lowest BCUT2D eigenvalue weighted by molar-refractivity contribution is -0.380. The minimum atomic E-state index is -1.15. The number of fused-ring (bicyclic) bond motifs is 3. The first-order chi connectivity index (χ1) is 17.7. The van der Waals surface area contributed by atoms with Crippen molar-refractivity contribution in [3.8, 4) is 0 Å². The van der Waals surface area contributed by atoms with Gasteiger partial charge in [0.05, 0.1) is 15.8 Å². The Labute approximate surface area is 220 Å². The lowest BCUT2D eigenvalue weighted by Crippen LogP contribution is -2.34. The lowest BCUT2D eigenvalue weighted by atomic mass is 10.0. The van der Waals surface area contributed by atoms with Gasteiger partial charge in [0.15, 0.2) is 5.43 Å². The van der Waals surface area contributed by atoms with Gasteiger partial charge in [-0.2, -0.15) is 0 Å². The molecule has 5 heterocycles. The molecule has 0 unspecified atom stereocenters. The van der Waals surface area contributed by atoms with Gasteiger partial charge in [-0.15, -0.1) is 0 Å². The second-order valence-corrected chi connectivity index (χ2v) is 17.5. The fraction of sp³-hybridized carbons (Fsp3) is 0.462. The van der Waals surface area contributed by atoms with E-state index in [0.717, 1.165) is 67.2 Å². The summed E-state index contributed by atoms with van der Waals surface area (Å²) in [6.07, 6.45) is 7.50. The lowest BCUT2D eigenvalue weighted by Gasteiger charge is -2.33. The standard InChI is InChI=1S/C26H33N5O4SSi/c1-37(2,3)13-12-35-18-29-10-6-21-25-22(15-27-26(21)29)23(32)7-11-30(25)20-4-8-28(9-5-20)16-19-14-24(31(33)34)36-17-19/h6-7,10-11,14-15,17,20H,4-5,8-9,12-13,16,18H2,1-3H3. The van der Waals surface area contributed by atoms with Crippen LogP contribution in [0, 0.1) is 10.1 Å². The monoisotopic (exact) mass is 539 g/mol. The maximum atomic E-state index is 12.7. The summed E-state index contributed by atoms with van der Waals surface area (Å²) in [7, 11) is -1.15. The van der Waals surface area contributed by atoms with Crippen LogP contribution in [0.5, 0.6) is 0 Å². The van der Waals surface area contributed by atoms with E-state index >= 15 is 0 Å². The largest absolute Gasteiger partial charge is 0.361 e. The summed E-state index contributed by atoms with van der Waals surface area (Å²) in [6, 6.07) is 6.74. The molecule has 5 rings (SSSR count). The Balaban J connectivity index is 1.34. The van der Waals surface area contributed by atoms with Crippen molar-refractivity contribution in [2.24, 2.45) is 0 Å². The van der Waals surface area contributed by atoms with Gasteiger partial charge in [-0.1, -0.05) is 31.0 Å². The molecule has 0 aliphatic carbocycles. The first-order valence-corrected chi connectivity index (χ1v) is 17.3. The third kappa shape index (κ3) is 5.69. The molecule has 4 aromatic rings. The van der Waals surface area contributed by atoms with Crippen molar-refractivity contribution >= 4 is 46.3 Å². The Hall–Kier alpha value is -2.86. The number of rotatable bonds is 9. The summed E-state index contributed by atoms with van der Waals surface area (Å²) in [5.41, 5.74) is 2.74. The van der Waals surface area contributed by atoms with Gasteiger partial charge in [-0.25, -0.2) is 4.98 Å². The highest BCUT2D eigenvalue weighted by atomic mass is 32.1. The number of ether oxygens (including phenoxy) is 1. The van der Waals surface area contributed by atoms with Crippen molar-refractivity contribution < 1.29 is 9.66 Å². The molecule has 1 aliphatic heterocycles. The topological polar surface area (TPSA) is 95.4 Å². The predicted octanol–water partition coefficient (Wildman–Crippen LogP) is 5.47.